The standard InChI is InChI=1S/C27H48O2Si/c1-21(15-11-10-12-19-26(5,6)28)22-16-13-17-23-24(18-14-20-27(22,23)7)29-30(8,9)25(2,3)4/h10-12,16,19,21,23-24,28H,13-15,17-18,20H2,1-9H3/b11-10+,19-12+/t21-,23+,24+,27-/m1/s1. The lowest BCUT2D eigenvalue weighted by molar-refractivity contribution is -0.00501. The fourth-order valence-electron chi connectivity index (χ4n) is 5.22. The van der Waals surface area contributed by atoms with Crippen LogP contribution in [-0.4, -0.2) is 25.1 Å². The minimum absolute atomic E-state index is 0.267. The van der Waals surface area contributed by atoms with Crippen LogP contribution in [0, 0.1) is 17.3 Å². The van der Waals surface area contributed by atoms with Crippen LogP contribution < -0.4 is 0 Å². The summed E-state index contributed by atoms with van der Waals surface area (Å²) >= 11 is 0. The predicted octanol–water partition coefficient (Wildman–Crippen LogP) is 7.81. The number of hydrogen-bond donors (Lipinski definition) is 1. The van der Waals surface area contributed by atoms with Gasteiger partial charge in [-0.05, 0) is 81.3 Å². The predicted molar refractivity (Wildman–Crippen MR) is 133 cm³/mol. The largest absolute Gasteiger partial charge is 0.414 e. The summed E-state index contributed by atoms with van der Waals surface area (Å²) in [6.45, 7) is 20.4. The van der Waals surface area contributed by atoms with Crippen LogP contribution >= 0.6 is 0 Å². The van der Waals surface area contributed by atoms with Crippen LogP contribution in [0.15, 0.2) is 36.0 Å². The normalized spacial score (nSPS) is 29.9. The lowest BCUT2D eigenvalue weighted by atomic mass is 9.56. The van der Waals surface area contributed by atoms with Crippen LogP contribution in [0.4, 0.5) is 0 Å². The van der Waals surface area contributed by atoms with Gasteiger partial charge in [-0.3, -0.25) is 0 Å². The molecule has 1 N–H and O–H groups in total. The van der Waals surface area contributed by atoms with Gasteiger partial charge < -0.3 is 9.53 Å². The van der Waals surface area contributed by atoms with Crippen molar-refractivity contribution >= 4 is 8.32 Å². The molecule has 0 unspecified atom stereocenters. The molecule has 172 valence electrons. The number of rotatable bonds is 7. The molecule has 3 heteroatoms. The van der Waals surface area contributed by atoms with Crippen LogP contribution in [-0.2, 0) is 4.43 Å². The summed E-state index contributed by atoms with van der Waals surface area (Å²) in [5, 5.41) is 10.1. The molecule has 4 atom stereocenters. The maximum Gasteiger partial charge on any atom is 0.192 e. The summed E-state index contributed by atoms with van der Waals surface area (Å²) < 4.78 is 7.02. The van der Waals surface area contributed by atoms with Gasteiger partial charge in [0, 0.05) is 6.10 Å². The van der Waals surface area contributed by atoms with Gasteiger partial charge in [-0.15, -0.1) is 0 Å². The van der Waals surface area contributed by atoms with Crippen LogP contribution in [0.2, 0.25) is 18.1 Å². The van der Waals surface area contributed by atoms with E-state index in [9.17, 15) is 5.11 Å². The number of fused-ring (bicyclic) bond motifs is 1. The molecule has 2 nitrogen and oxygen atoms in total. The van der Waals surface area contributed by atoms with Gasteiger partial charge in [-0.1, -0.05) is 77.0 Å². The van der Waals surface area contributed by atoms with E-state index in [1.807, 2.05) is 12.2 Å². The fourth-order valence-corrected chi connectivity index (χ4v) is 6.61. The summed E-state index contributed by atoms with van der Waals surface area (Å²) in [5.74, 6) is 1.21. The first-order valence-electron chi connectivity index (χ1n) is 12.1. The van der Waals surface area contributed by atoms with Crippen molar-refractivity contribution in [2.45, 2.75) is 117 Å². The Morgan fingerprint density at radius 1 is 1.20 bits per heavy atom. The molecule has 0 aromatic rings. The Morgan fingerprint density at radius 3 is 2.47 bits per heavy atom. The molecule has 0 radical (unpaired) electrons. The molecule has 0 bridgehead atoms. The minimum atomic E-state index is -1.76. The van der Waals surface area contributed by atoms with Crippen LogP contribution in [0.3, 0.4) is 0 Å². The first-order valence-corrected chi connectivity index (χ1v) is 15.0. The third-order valence-electron chi connectivity index (χ3n) is 7.98. The van der Waals surface area contributed by atoms with Crippen molar-refractivity contribution in [1.29, 1.82) is 0 Å². The van der Waals surface area contributed by atoms with E-state index in [2.05, 4.69) is 65.9 Å². The molecule has 0 saturated heterocycles. The van der Waals surface area contributed by atoms with E-state index in [0.717, 1.165) is 6.42 Å². The van der Waals surface area contributed by atoms with Crippen LogP contribution in [0.25, 0.3) is 0 Å². The quantitative estimate of drug-likeness (QED) is 0.252. The summed E-state index contributed by atoms with van der Waals surface area (Å²) in [4.78, 5) is 0. The van der Waals surface area contributed by atoms with E-state index in [4.69, 9.17) is 4.43 Å². The van der Waals surface area contributed by atoms with Crippen LogP contribution in [0.1, 0.15) is 87.0 Å². The molecule has 2 aliphatic carbocycles. The molecule has 1 fully saturated rings. The van der Waals surface area contributed by atoms with Gasteiger partial charge in [-0.25, -0.2) is 0 Å². The molecule has 0 aromatic heterocycles. The first-order chi connectivity index (χ1) is 13.7. The Labute approximate surface area is 188 Å². The SMILES string of the molecule is C[C@H](C/C=C/C=C/C(C)(C)O)C1=CCC[C@H]2[C@@H](O[Si](C)(C)C(C)(C)C)CCC[C@]12C. The number of hydrogen-bond acceptors (Lipinski definition) is 2. The second-order valence-electron chi connectivity index (χ2n) is 12.1. The second-order valence-corrected chi connectivity index (χ2v) is 16.9. The zero-order chi connectivity index (χ0) is 22.8. The van der Waals surface area contributed by atoms with Gasteiger partial charge in [-0.2, -0.15) is 0 Å². The van der Waals surface area contributed by atoms with Crippen molar-refractivity contribution in [1.82, 2.24) is 0 Å². The molecule has 2 rings (SSSR count). The maximum absolute atomic E-state index is 9.81. The van der Waals surface area contributed by atoms with Gasteiger partial charge in [0.25, 0.3) is 0 Å². The molecule has 2 aliphatic rings. The summed E-state index contributed by atoms with van der Waals surface area (Å²) in [7, 11) is -1.76. The zero-order valence-corrected chi connectivity index (χ0v) is 22.2. The molecule has 0 aromatic carbocycles. The highest BCUT2D eigenvalue weighted by Crippen LogP contribution is 2.55. The van der Waals surface area contributed by atoms with Gasteiger partial charge in [0.2, 0.25) is 0 Å². The third-order valence-corrected chi connectivity index (χ3v) is 12.5. The molecule has 0 aliphatic heterocycles. The van der Waals surface area contributed by atoms with Crippen molar-refractivity contribution in [3.63, 3.8) is 0 Å². The van der Waals surface area contributed by atoms with E-state index in [1.54, 1.807) is 19.4 Å². The first kappa shape index (κ1) is 25.6. The third kappa shape index (κ3) is 6.20. The Hall–Kier alpha value is -0.643. The van der Waals surface area contributed by atoms with Crippen molar-refractivity contribution in [2.75, 3.05) is 0 Å². The van der Waals surface area contributed by atoms with Gasteiger partial charge >= 0.3 is 0 Å². The van der Waals surface area contributed by atoms with E-state index in [0.29, 0.717) is 17.9 Å². The minimum Gasteiger partial charge on any atom is -0.414 e. The topological polar surface area (TPSA) is 29.5 Å². The summed E-state index contributed by atoms with van der Waals surface area (Å²) in [6.07, 6.45) is 18.5. The maximum atomic E-state index is 9.81. The molecular formula is C27H48O2Si. The average Bonchev–Trinajstić information content (AvgIpc) is 2.58. The van der Waals surface area contributed by atoms with Gasteiger partial charge in [0.15, 0.2) is 8.32 Å². The van der Waals surface area contributed by atoms with E-state index >= 15 is 0 Å². The molecule has 0 amide bonds. The highest BCUT2D eigenvalue weighted by molar-refractivity contribution is 6.74. The van der Waals surface area contributed by atoms with E-state index in [-0.39, 0.29) is 10.5 Å². The van der Waals surface area contributed by atoms with E-state index < -0.39 is 13.9 Å². The second kappa shape index (κ2) is 9.46. The molecule has 1 saturated carbocycles. The van der Waals surface area contributed by atoms with E-state index in [1.165, 1.54) is 32.1 Å². The van der Waals surface area contributed by atoms with Crippen molar-refractivity contribution in [3.05, 3.63) is 36.0 Å². The lowest BCUT2D eigenvalue weighted by Crippen LogP contribution is -2.51. The Kier molecular flexibility index (Phi) is 8.08. The summed E-state index contributed by atoms with van der Waals surface area (Å²) in [5.41, 5.74) is 1.20. The Bertz CT molecular complexity index is 659. The molecule has 0 spiro atoms. The van der Waals surface area contributed by atoms with Gasteiger partial charge in [0.05, 0.1) is 5.60 Å². The van der Waals surface area contributed by atoms with Crippen LogP contribution in [0.5, 0.6) is 0 Å². The fraction of sp³-hybridized carbons (Fsp3) is 0.778. The van der Waals surface area contributed by atoms with Crippen molar-refractivity contribution < 1.29 is 9.53 Å². The molecule has 30 heavy (non-hydrogen) atoms. The smallest absolute Gasteiger partial charge is 0.192 e. The zero-order valence-electron chi connectivity index (χ0n) is 21.2. The number of aliphatic hydroxyl groups is 1. The average molecular weight is 433 g/mol. The monoisotopic (exact) mass is 432 g/mol. The van der Waals surface area contributed by atoms with Gasteiger partial charge in [0.1, 0.15) is 0 Å². The molecule has 0 heterocycles. The highest BCUT2D eigenvalue weighted by atomic mass is 28.4. The van der Waals surface area contributed by atoms with Crippen molar-refractivity contribution in [2.24, 2.45) is 17.3 Å². The Morgan fingerprint density at radius 2 is 1.87 bits per heavy atom. The van der Waals surface area contributed by atoms with Crippen molar-refractivity contribution in [3.8, 4) is 0 Å². The Balaban J connectivity index is 2.12. The lowest BCUT2D eigenvalue weighted by Gasteiger charge is -2.53. The number of allylic oxidation sites excluding steroid dienone is 5. The summed E-state index contributed by atoms with van der Waals surface area (Å²) in [6, 6.07) is 0. The highest BCUT2D eigenvalue weighted by Gasteiger charge is 2.49. The molecular weight excluding hydrogens is 384 g/mol.